The molecule has 1 heterocycles. The molecule has 0 bridgehead atoms. The Kier molecular flexibility index (Phi) is 2.61. The first-order chi connectivity index (χ1) is 7.72. The zero-order valence-corrected chi connectivity index (χ0v) is 8.11. The van der Waals surface area contributed by atoms with Gasteiger partial charge in [0.1, 0.15) is 17.7 Å². The molecule has 2 aromatic rings. The summed E-state index contributed by atoms with van der Waals surface area (Å²) in [6, 6.07) is 8.39. The minimum atomic E-state index is -0.669. The summed E-state index contributed by atoms with van der Waals surface area (Å²) < 4.78 is 26.7. The number of benzene rings is 1. The van der Waals surface area contributed by atoms with Crippen LogP contribution < -0.4 is 0 Å². The zero-order valence-electron chi connectivity index (χ0n) is 8.11. The number of nitrogens with zero attached hydrogens (tertiary/aromatic N) is 2. The number of nitriles is 1. The Hall–Kier alpha value is -2.28. The predicted molar refractivity (Wildman–Crippen MR) is 54.3 cm³/mol. The van der Waals surface area contributed by atoms with Crippen LogP contribution >= 0.6 is 0 Å². The van der Waals surface area contributed by atoms with Gasteiger partial charge in [0.05, 0.1) is 16.8 Å². The van der Waals surface area contributed by atoms with Gasteiger partial charge in [-0.05, 0) is 24.3 Å². The summed E-state index contributed by atoms with van der Waals surface area (Å²) in [7, 11) is 0. The molecule has 0 aliphatic heterocycles. The van der Waals surface area contributed by atoms with E-state index < -0.39 is 11.6 Å². The third kappa shape index (κ3) is 1.75. The van der Waals surface area contributed by atoms with E-state index in [0.29, 0.717) is 5.56 Å². The standard InChI is InChI=1S/C12H6F2N2/c13-9-2-1-3-10(14)12(9)11-5-4-8(6-15)7-16-11/h1-5,7H. The van der Waals surface area contributed by atoms with Gasteiger partial charge in [-0.1, -0.05) is 6.07 Å². The number of pyridine rings is 1. The van der Waals surface area contributed by atoms with Crippen LogP contribution in [-0.2, 0) is 0 Å². The second kappa shape index (κ2) is 4.07. The normalized spacial score (nSPS) is 9.81. The van der Waals surface area contributed by atoms with Gasteiger partial charge >= 0.3 is 0 Å². The molecule has 2 rings (SSSR count). The number of hydrogen-bond donors (Lipinski definition) is 0. The zero-order chi connectivity index (χ0) is 11.5. The Morgan fingerprint density at radius 2 is 1.75 bits per heavy atom. The molecule has 0 N–H and O–H groups in total. The van der Waals surface area contributed by atoms with Crippen molar-refractivity contribution in [2.24, 2.45) is 0 Å². The summed E-state index contributed by atoms with van der Waals surface area (Å²) in [5.41, 5.74) is 0.349. The van der Waals surface area contributed by atoms with Crippen LogP contribution in [0, 0.1) is 23.0 Å². The Bertz CT molecular complexity index is 536. The van der Waals surface area contributed by atoms with Gasteiger partial charge in [-0.15, -0.1) is 0 Å². The van der Waals surface area contributed by atoms with Crippen molar-refractivity contribution < 1.29 is 8.78 Å². The molecular weight excluding hydrogens is 210 g/mol. The molecule has 0 saturated heterocycles. The van der Waals surface area contributed by atoms with Gasteiger partial charge in [-0.3, -0.25) is 4.98 Å². The van der Waals surface area contributed by atoms with E-state index >= 15 is 0 Å². The average molecular weight is 216 g/mol. The smallest absolute Gasteiger partial charge is 0.135 e. The van der Waals surface area contributed by atoms with Gasteiger partial charge in [0.15, 0.2) is 0 Å². The van der Waals surface area contributed by atoms with Crippen LogP contribution in [0.2, 0.25) is 0 Å². The molecule has 0 saturated carbocycles. The van der Waals surface area contributed by atoms with Gasteiger partial charge < -0.3 is 0 Å². The molecule has 0 unspecified atom stereocenters. The Balaban J connectivity index is 2.55. The number of hydrogen-bond acceptors (Lipinski definition) is 2. The summed E-state index contributed by atoms with van der Waals surface area (Å²) in [6.07, 6.45) is 1.28. The van der Waals surface area contributed by atoms with E-state index in [1.54, 1.807) is 0 Å². The quantitative estimate of drug-likeness (QED) is 0.734. The molecule has 1 aromatic heterocycles. The lowest BCUT2D eigenvalue weighted by Crippen LogP contribution is -1.92. The molecule has 0 atom stereocenters. The maximum atomic E-state index is 13.4. The molecule has 2 nitrogen and oxygen atoms in total. The molecule has 0 fully saturated rings. The lowest BCUT2D eigenvalue weighted by atomic mass is 10.1. The van der Waals surface area contributed by atoms with Gasteiger partial charge in [0.25, 0.3) is 0 Å². The lowest BCUT2D eigenvalue weighted by Gasteiger charge is -2.03. The molecule has 0 spiro atoms. The maximum Gasteiger partial charge on any atom is 0.135 e. The van der Waals surface area contributed by atoms with Gasteiger partial charge in [0.2, 0.25) is 0 Å². The fourth-order valence-electron chi connectivity index (χ4n) is 1.35. The highest BCUT2D eigenvalue weighted by molar-refractivity contribution is 5.61. The first-order valence-corrected chi connectivity index (χ1v) is 4.53. The van der Waals surface area contributed by atoms with Crippen LogP contribution in [-0.4, -0.2) is 4.98 Å². The lowest BCUT2D eigenvalue weighted by molar-refractivity contribution is 0.588. The van der Waals surface area contributed by atoms with Crippen LogP contribution in [0.4, 0.5) is 8.78 Å². The molecule has 0 radical (unpaired) electrons. The second-order valence-corrected chi connectivity index (χ2v) is 3.14. The van der Waals surface area contributed by atoms with Gasteiger partial charge in [-0.25, -0.2) is 8.78 Å². The van der Waals surface area contributed by atoms with E-state index in [4.69, 9.17) is 5.26 Å². The molecular formula is C12H6F2N2. The van der Waals surface area contributed by atoms with E-state index in [1.807, 2.05) is 6.07 Å². The highest BCUT2D eigenvalue weighted by Gasteiger charge is 2.11. The summed E-state index contributed by atoms with van der Waals surface area (Å²) >= 11 is 0. The first-order valence-electron chi connectivity index (χ1n) is 4.53. The highest BCUT2D eigenvalue weighted by atomic mass is 19.1. The molecule has 0 aliphatic carbocycles. The van der Waals surface area contributed by atoms with Crippen LogP contribution in [0.1, 0.15) is 5.56 Å². The van der Waals surface area contributed by atoms with Crippen molar-refractivity contribution in [2.45, 2.75) is 0 Å². The maximum absolute atomic E-state index is 13.4. The molecule has 16 heavy (non-hydrogen) atoms. The van der Waals surface area contributed by atoms with E-state index in [-0.39, 0.29) is 11.3 Å². The van der Waals surface area contributed by atoms with E-state index in [2.05, 4.69) is 4.98 Å². The van der Waals surface area contributed by atoms with Crippen LogP contribution in [0.25, 0.3) is 11.3 Å². The Labute approximate surface area is 90.8 Å². The summed E-state index contributed by atoms with van der Waals surface area (Å²) in [5, 5.41) is 8.57. The third-order valence-corrected chi connectivity index (χ3v) is 2.11. The van der Waals surface area contributed by atoms with E-state index in [1.165, 1.54) is 24.4 Å². The molecule has 78 valence electrons. The largest absolute Gasteiger partial charge is 0.255 e. The highest BCUT2D eigenvalue weighted by Crippen LogP contribution is 2.23. The fourth-order valence-corrected chi connectivity index (χ4v) is 1.35. The third-order valence-electron chi connectivity index (χ3n) is 2.11. The topological polar surface area (TPSA) is 36.7 Å². The minimum Gasteiger partial charge on any atom is -0.255 e. The van der Waals surface area contributed by atoms with Crippen molar-refractivity contribution in [1.82, 2.24) is 4.98 Å². The van der Waals surface area contributed by atoms with E-state index in [0.717, 1.165) is 12.1 Å². The van der Waals surface area contributed by atoms with Crippen LogP contribution in [0.3, 0.4) is 0 Å². The Morgan fingerprint density at radius 1 is 1.06 bits per heavy atom. The SMILES string of the molecule is N#Cc1ccc(-c2c(F)cccc2F)nc1. The Morgan fingerprint density at radius 3 is 2.25 bits per heavy atom. The summed E-state index contributed by atoms with van der Waals surface area (Å²) in [4.78, 5) is 3.84. The van der Waals surface area contributed by atoms with Crippen LogP contribution in [0.15, 0.2) is 36.5 Å². The van der Waals surface area contributed by atoms with Crippen molar-refractivity contribution >= 4 is 0 Å². The molecule has 0 amide bonds. The van der Waals surface area contributed by atoms with Crippen molar-refractivity contribution in [1.29, 1.82) is 5.26 Å². The van der Waals surface area contributed by atoms with E-state index in [9.17, 15) is 8.78 Å². The molecule has 4 heteroatoms. The van der Waals surface area contributed by atoms with Crippen molar-refractivity contribution in [3.8, 4) is 17.3 Å². The van der Waals surface area contributed by atoms with Crippen molar-refractivity contribution in [3.63, 3.8) is 0 Å². The first kappa shape index (κ1) is 10.2. The molecule has 1 aromatic carbocycles. The summed E-state index contributed by atoms with van der Waals surface area (Å²) in [6.45, 7) is 0. The predicted octanol–water partition coefficient (Wildman–Crippen LogP) is 2.90. The van der Waals surface area contributed by atoms with Gasteiger partial charge in [-0.2, -0.15) is 5.26 Å². The van der Waals surface area contributed by atoms with Gasteiger partial charge in [0, 0.05) is 6.20 Å². The fraction of sp³-hybridized carbons (Fsp3) is 0. The number of rotatable bonds is 1. The number of aromatic nitrogens is 1. The summed E-state index contributed by atoms with van der Waals surface area (Å²) in [5.74, 6) is -1.34. The van der Waals surface area contributed by atoms with Crippen LogP contribution in [0.5, 0.6) is 0 Å². The van der Waals surface area contributed by atoms with Crippen molar-refractivity contribution in [2.75, 3.05) is 0 Å². The second-order valence-electron chi connectivity index (χ2n) is 3.14. The molecule has 0 aliphatic rings. The van der Waals surface area contributed by atoms with Crippen molar-refractivity contribution in [3.05, 3.63) is 53.7 Å². The number of halogens is 2. The average Bonchev–Trinajstić information content (AvgIpc) is 2.30. The monoisotopic (exact) mass is 216 g/mol. The minimum absolute atomic E-state index is 0.174.